The molecule has 0 bridgehead atoms. The summed E-state index contributed by atoms with van der Waals surface area (Å²) in [5.74, 6) is 0.0132. The van der Waals surface area contributed by atoms with E-state index >= 15 is 0 Å². The molecular formula is C19H19ClN3O6P. The number of nitro benzene ring substituents is 1. The number of hydrogen-bond donors (Lipinski definition) is 0. The zero-order valence-electron chi connectivity index (χ0n) is 16.3. The Kier molecular flexibility index (Phi) is 6.99. The van der Waals surface area contributed by atoms with Crippen LogP contribution in [0.15, 0.2) is 52.4 Å². The lowest BCUT2D eigenvalue weighted by Gasteiger charge is -2.17. The van der Waals surface area contributed by atoms with Crippen LogP contribution in [0.25, 0.3) is 0 Å². The van der Waals surface area contributed by atoms with E-state index in [-0.39, 0.29) is 31.3 Å². The zero-order valence-corrected chi connectivity index (χ0v) is 17.9. The molecule has 0 unspecified atom stereocenters. The molecule has 0 fully saturated rings. The molecule has 0 saturated carbocycles. The minimum atomic E-state index is -3.87. The van der Waals surface area contributed by atoms with Crippen LogP contribution in [0, 0.1) is 10.1 Å². The van der Waals surface area contributed by atoms with E-state index in [9.17, 15) is 14.7 Å². The van der Waals surface area contributed by atoms with E-state index in [4.69, 9.17) is 25.2 Å². The van der Waals surface area contributed by atoms with E-state index in [2.05, 4.69) is 9.98 Å². The highest BCUT2D eigenvalue weighted by atomic mass is 35.5. The number of phosphoric ester groups is 1. The fourth-order valence-corrected chi connectivity index (χ4v) is 4.06. The van der Waals surface area contributed by atoms with Gasteiger partial charge < -0.3 is 4.52 Å². The summed E-state index contributed by atoms with van der Waals surface area (Å²) in [6, 6.07) is 11.1. The summed E-state index contributed by atoms with van der Waals surface area (Å²) in [6.07, 6.45) is 0. The fraction of sp³-hybridized carbons (Fsp3) is 0.263. The number of nitro groups is 1. The van der Waals surface area contributed by atoms with Crippen LogP contribution < -0.4 is 0 Å². The van der Waals surface area contributed by atoms with Gasteiger partial charge in [-0.3, -0.25) is 24.2 Å². The molecule has 1 aliphatic heterocycles. The second-order valence-corrected chi connectivity index (χ2v) is 8.04. The number of aliphatic imine (C=N–C) groups is 2. The van der Waals surface area contributed by atoms with Crippen LogP contribution in [0.5, 0.6) is 0 Å². The van der Waals surface area contributed by atoms with Crippen LogP contribution in [-0.2, 0) is 18.1 Å². The Bertz CT molecular complexity index is 1040. The number of benzene rings is 2. The summed E-state index contributed by atoms with van der Waals surface area (Å²) in [5, 5.41) is 11.8. The minimum Gasteiger partial charge on any atom is -0.388 e. The molecule has 2 aromatic carbocycles. The molecule has 0 aliphatic carbocycles. The number of non-ortho nitro benzene ring substituents is 1. The van der Waals surface area contributed by atoms with Gasteiger partial charge >= 0.3 is 7.82 Å². The highest BCUT2D eigenvalue weighted by Crippen LogP contribution is 2.50. The maximum Gasteiger partial charge on any atom is 0.531 e. The van der Waals surface area contributed by atoms with E-state index in [0.29, 0.717) is 27.5 Å². The summed E-state index contributed by atoms with van der Waals surface area (Å²) in [7, 11) is -3.87. The molecule has 0 aromatic heterocycles. The maximum atomic E-state index is 12.7. The summed E-state index contributed by atoms with van der Waals surface area (Å²) in [4.78, 5) is 19.7. The van der Waals surface area contributed by atoms with Crippen molar-refractivity contribution in [2.24, 2.45) is 9.98 Å². The second kappa shape index (κ2) is 9.49. The first-order chi connectivity index (χ1) is 14.3. The van der Waals surface area contributed by atoms with Crippen molar-refractivity contribution in [1.29, 1.82) is 0 Å². The third-order valence-electron chi connectivity index (χ3n) is 3.97. The molecule has 0 spiro atoms. The maximum absolute atomic E-state index is 12.7. The monoisotopic (exact) mass is 451 g/mol. The Labute approximate surface area is 178 Å². The predicted molar refractivity (Wildman–Crippen MR) is 114 cm³/mol. The van der Waals surface area contributed by atoms with Crippen molar-refractivity contribution in [3.8, 4) is 0 Å². The van der Waals surface area contributed by atoms with Gasteiger partial charge in [-0.05, 0) is 32.0 Å². The first kappa shape index (κ1) is 22.1. The van der Waals surface area contributed by atoms with E-state index in [1.54, 1.807) is 38.1 Å². The van der Waals surface area contributed by atoms with Gasteiger partial charge in [0.1, 0.15) is 6.54 Å². The summed E-state index contributed by atoms with van der Waals surface area (Å²) in [5.41, 5.74) is 1.86. The minimum absolute atomic E-state index is 0.0132. The quantitative estimate of drug-likeness (QED) is 0.319. The van der Waals surface area contributed by atoms with Crippen LogP contribution in [0.3, 0.4) is 0 Å². The normalized spacial score (nSPS) is 13.7. The number of hydrogen-bond acceptors (Lipinski definition) is 8. The molecule has 158 valence electrons. The SMILES string of the molecule is CCOP(=O)(OCC)OC1=Nc2ccc([N+](=O)[O-])cc2C(c2ccc(Cl)cc2)=NC1. The van der Waals surface area contributed by atoms with Crippen molar-refractivity contribution in [3.63, 3.8) is 0 Å². The van der Waals surface area contributed by atoms with Crippen molar-refractivity contribution < 1.29 is 23.1 Å². The standard InChI is InChI=1S/C19H19ClN3O6P/c1-3-27-30(26,28-4-2)29-18-12-21-19(13-5-7-14(20)8-6-13)16-11-15(23(24)25)9-10-17(16)22-18/h5-11H,3-4,12H2,1-2H3. The van der Waals surface area contributed by atoms with Crippen molar-refractivity contribution in [2.75, 3.05) is 19.8 Å². The summed E-state index contributed by atoms with van der Waals surface area (Å²) < 4.78 is 28.5. The topological polar surface area (TPSA) is 113 Å². The zero-order chi connectivity index (χ0) is 21.7. The largest absolute Gasteiger partial charge is 0.531 e. The van der Waals surface area contributed by atoms with Gasteiger partial charge in [-0.15, -0.1) is 0 Å². The molecule has 11 heteroatoms. The molecule has 0 atom stereocenters. The Morgan fingerprint density at radius 1 is 1.13 bits per heavy atom. The van der Waals surface area contributed by atoms with Crippen molar-refractivity contribution in [1.82, 2.24) is 0 Å². The Morgan fingerprint density at radius 2 is 1.80 bits per heavy atom. The smallest absolute Gasteiger partial charge is 0.388 e. The molecule has 0 radical (unpaired) electrons. The van der Waals surface area contributed by atoms with E-state index in [1.807, 2.05) is 0 Å². The van der Waals surface area contributed by atoms with Crippen LogP contribution in [0.4, 0.5) is 11.4 Å². The predicted octanol–water partition coefficient (Wildman–Crippen LogP) is 5.33. The van der Waals surface area contributed by atoms with Gasteiger partial charge in [0.05, 0.1) is 29.5 Å². The molecule has 0 amide bonds. The van der Waals surface area contributed by atoms with Crippen molar-refractivity contribution >= 4 is 42.4 Å². The van der Waals surface area contributed by atoms with Crippen LogP contribution in [0.2, 0.25) is 5.02 Å². The highest BCUT2D eigenvalue weighted by Gasteiger charge is 2.30. The first-order valence-corrected chi connectivity index (χ1v) is 10.9. The first-order valence-electron chi connectivity index (χ1n) is 9.10. The Hall–Kier alpha value is -2.58. The lowest BCUT2D eigenvalue weighted by Crippen LogP contribution is -2.11. The lowest BCUT2D eigenvalue weighted by molar-refractivity contribution is -0.384. The van der Waals surface area contributed by atoms with Crippen molar-refractivity contribution in [2.45, 2.75) is 13.8 Å². The number of halogens is 1. The molecule has 0 saturated heterocycles. The van der Waals surface area contributed by atoms with E-state index < -0.39 is 12.7 Å². The summed E-state index contributed by atoms with van der Waals surface area (Å²) >= 11 is 5.97. The Balaban J connectivity index is 2.08. The van der Waals surface area contributed by atoms with Gasteiger partial charge in [-0.1, -0.05) is 23.7 Å². The van der Waals surface area contributed by atoms with Gasteiger partial charge in [0, 0.05) is 28.3 Å². The lowest BCUT2D eigenvalue weighted by atomic mass is 10.00. The number of nitrogens with zero attached hydrogens (tertiary/aromatic N) is 3. The molecule has 2 aromatic rings. The average molecular weight is 452 g/mol. The van der Waals surface area contributed by atoms with Crippen molar-refractivity contribution in [3.05, 3.63) is 68.7 Å². The van der Waals surface area contributed by atoms with Crippen LogP contribution >= 0.6 is 19.4 Å². The number of fused-ring (bicyclic) bond motifs is 1. The number of rotatable bonds is 7. The average Bonchev–Trinajstić information content (AvgIpc) is 2.87. The summed E-state index contributed by atoms with van der Waals surface area (Å²) in [6.45, 7) is 3.49. The van der Waals surface area contributed by atoms with Crippen LogP contribution in [0.1, 0.15) is 25.0 Å². The Morgan fingerprint density at radius 3 is 2.40 bits per heavy atom. The van der Waals surface area contributed by atoms with E-state index in [1.165, 1.54) is 18.2 Å². The van der Waals surface area contributed by atoms with Gasteiger partial charge in [-0.25, -0.2) is 9.56 Å². The van der Waals surface area contributed by atoms with E-state index in [0.717, 1.165) is 0 Å². The molecule has 3 rings (SSSR count). The third-order valence-corrected chi connectivity index (χ3v) is 5.81. The third kappa shape index (κ3) is 5.12. The molecule has 1 aliphatic rings. The van der Waals surface area contributed by atoms with Crippen LogP contribution in [-0.4, -0.2) is 36.3 Å². The van der Waals surface area contributed by atoms with Gasteiger partial charge in [0.2, 0.25) is 5.90 Å². The molecule has 30 heavy (non-hydrogen) atoms. The number of phosphoric acid groups is 1. The van der Waals surface area contributed by atoms with Gasteiger partial charge in [0.15, 0.2) is 0 Å². The molecule has 9 nitrogen and oxygen atoms in total. The highest BCUT2D eigenvalue weighted by molar-refractivity contribution is 7.49. The molecule has 1 heterocycles. The fourth-order valence-electron chi connectivity index (χ4n) is 2.77. The van der Waals surface area contributed by atoms with Gasteiger partial charge in [0.25, 0.3) is 5.69 Å². The second-order valence-electron chi connectivity index (χ2n) is 6.01. The molecule has 0 N–H and O–H groups in total. The van der Waals surface area contributed by atoms with Gasteiger partial charge in [-0.2, -0.15) is 0 Å². The molecular weight excluding hydrogens is 433 g/mol.